The molecule has 5 rings (SSSR count). The molecule has 0 aliphatic carbocycles. The Kier molecular flexibility index (Phi) is 10.5. The first-order valence-corrected chi connectivity index (χ1v) is 14.7. The van der Waals surface area contributed by atoms with E-state index in [4.69, 9.17) is 33.1 Å². The van der Waals surface area contributed by atoms with Gasteiger partial charge in [0, 0.05) is 70.4 Å². The predicted molar refractivity (Wildman–Crippen MR) is 156 cm³/mol. The van der Waals surface area contributed by atoms with Crippen molar-refractivity contribution in [2.75, 3.05) is 33.2 Å². The second-order valence-electron chi connectivity index (χ2n) is 10.7. The number of alkyl halides is 3. The third-order valence-electron chi connectivity index (χ3n) is 7.92. The number of carbonyl (C=O) groups excluding carboxylic acids is 3. The molecular formula is C28H30Cl2F3N7O5. The van der Waals surface area contributed by atoms with E-state index in [9.17, 15) is 27.6 Å². The van der Waals surface area contributed by atoms with E-state index in [0.717, 1.165) is 5.56 Å². The van der Waals surface area contributed by atoms with Crippen molar-refractivity contribution in [2.45, 2.75) is 44.3 Å². The summed E-state index contributed by atoms with van der Waals surface area (Å²) < 4.78 is 33.2. The fourth-order valence-electron chi connectivity index (χ4n) is 5.51. The van der Waals surface area contributed by atoms with Crippen molar-refractivity contribution >= 4 is 52.7 Å². The van der Waals surface area contributed by atoms with Gasteiger partial charge in [0.1, 0.15) is 0 Å². The normalized spacial score (nSPS) is 19.1. The van der Waals surface area contributed by atoms with Gasteiger partial charge in [-0.05, 0) is 43.0 Å². The van der Waals surface area contributed by atoms with Crippen LogP contribution in [0.2, 0.25) is 10.0 Å². The lowest BCUT2D eigenvalue weighted by atomic mass is 9.84. The number of aliphatic carboxylic acids is 1. The lowest BCUT2D eigenvalue weighted by molar-refractivity contribution is -0.192. The van der Waals surface area contributed by atoms with Crippen LogP contribution < -0.4 is 0 Å². The van der Waals surface area contributed by atoms with Crippen LogP contribution >= 0.6 is 23.2 Å². The summed E-state index contributed by atoms with van der Waals surface area (Å²) in [7, 11) is 1.74. The molecule has 2 unspecified atom stereocenters. The van der Waals surface area contributed by atoms with E-state index in [-0.39, 0.29) is 41.4 Å². The second-order valence-corrected chi connectivity index (χ2v) is 11.5. The third kappa shape index (κ3) is 8.00. The van der Waals surface area contributed by atoms with Crippen molar-refractivity contribution in [1.82, 2.24) is 34.3 Å². The number of likely N-dealkylation sites (tertiary alicyclic amines) is 2. The van der Waals surface area contributed by atoms with Crippen molar-refractivity contribution in [3.63, 3.8) is 0 Å². The molecule has 2 fully saturated rings. The van der Waals surface area contributed by atoms with Gasteiger partial charge in [-0.25, -0.2) is 14.3 Å². The summed E-state index contributed by atoms with van der Waals surface area (Å²) in [6.07, 6.45) is 0.0922. The fraction of sp³-hybridized carbons (Fsp3) is 0.464. The molecule has 0 spiro atoms. The van der Waals surface area contributed by atoms with Crippen LogP contribution in [0.1, 0.15) is 48.3 Å². The van der Waals surface area contributed by atoms with Crippen LogP contribution in [0.3, 0.4) is 0 Å². The number of hydrogen-bond donors (Lipinski definition) is 1. The number of piperidine rings is 2. The van der Waals surface area contributed by atoms with Gasteiger partial charge in [0.25, 0.3) is 11.7 Å². The van der Waals surface area contributed by atoms with Crippen molar-refractivity contribution in [3.05, 3.63) is 58.1 Å². The molecule has 1 N–H and O–H groups in total. The molecule has 2 saturated heterocycles. The Hall–Kier alpha value is -3.98. The monoisotopic (exact) mass is 671 g/mol. The van der Waals surface area contributed by atoms with Gasteiger partial charge < -0.3 is 19.8 Å². The van der Waals surface area contributed by atoms with Crippen molar-refractivity contribution in [3.8, 4) is 0 Å². The molecule has 45 heavy (non-hydrogen) atoms. The third-order valence-corrected chi connectivity index (χ3v) is 8.66. The maximum atomic E-state index is 13.5. The van der Waals surface area contributed by atoms with Gasteiger partial charge in [0.15, 0.2) is 0 Å². The standard InChI is InChI=1S/C26H29Cl2N7O3.C2HF3O2/c1-16(36)33-11-6-17(7-12-33)24(37)34-13-8-22(19(15-34)18-4-5-20(27)21(28)14-18)32(2)25(38)23-30-26-29-9-3-10-35(26)31-23;3-2(4,5)1(6)7/h3-5,9-10,14,17,19,22H,6-8,11-13,15H2,1-2H3;(H,6,7). The zero-order valence-corrected chi connectivity index (χ0v) is 25.8. The first kappa shape index (κ1) is 33.9. The van der Waals surface area contributed by atoms with Crippen LogP contribution in [0.25, 0.3) is 5.78 Å². The molecule has 3 amide bonds. The minimum atomic E-state index is -5.08. The minimum absolute atomic E-state index is 0.0416. The number of rotatable bonds is 4. The summed E-state index contributed by atoms with van der Waals surface area (Å²) in [5.74, 6) is -2.83. The molecule has 17 heteroatoms. The summed E-state index contributed by atoms with van der Waals surface area (Å²) in [6, 6.07) is 6.95. The van der Waals surface area contributed by atoms with Gasteiger partial charge in [-0.3, -0.25) is 14.4 Å². The van der Waals surface area contributed by atoms with Crippen LogP contribution in [0.15, 0.2) is 36.7 Å². The summed E-state index contributed by atoms with van der Waals surface area (Å²) >= 11 is 12.6. The highest BCUT2D eigenvalue weighted by atomic mass is 35.5. The van der Waals surface area contributed by atoms with Gasteiger partial charge in [-0.15, -0.1) is 5.10 Å². The number of hydrogen-bond acceptors (Lipinski definition) is 7. The Morgan fingerprint density at radius 3 is 2.24 bits per heavy atom. The quantitative estimate of drug-likeness (QED) is 0.442. The molecule has 3 aromatic rings. The Labute approximate surface area is 265 Å². The van der Waals surface area contributed by atoms with Gasteiger partial charge in [0.2, 0.25) is 17.6 Å². The fourth-order valence-corrected chi connectivity index (χ4v) is 5.81. The van der Waals surface area contributed by atoms with Crippen LogP contribution in [-0.4, -0.2) is 109 Å². The van der Waals surface area contributed by atoms with Crippen LogP contribution in [0.5, 0.6) is 0 Å². The van der Waals surface area contributed by atoms with Crippen LogP contribution in [0, 0.1) is 5.92 Å². The van der Waals surface area contributed by atoms with E-state index in [1.54, 1.807) is 48.3 Å². The molecule has 2 aliphatic heterocycles. The molecule has 4 heterocycles. The average molecular weight is 672 g/mol. The summed E-state index contributed by atoms with van der Waals surface area (Å²) in [5, 5.41) is 12.3. The Morgan fingerprint density at radius 2 is 1.67 bits per heavy atom. The lowest BCUT2D eigenvalue weighted by Crippen LogP contribution is -2.53. The zero-order chi connectivity index (χ0) is 33.1. The number of carboxylic acids is 1. The van der Waals surface area contributed by atoms with Crippen molar-refractivity contribution < 1.29 is 37.5 Å². The number of carbonyl (C=O) groups is 4. The van der Waals surface area contributed by atoms with Gasteiger partial charge in [0.05, 0.1) is 10.0 Å². The van der Waals surface area contributed by atoms with Gasteiger partial charge in [-0.1, -0.05) is 29.3 Å². The van der Waals surface area contributed by atoms with Crippen molar-refractivity contribution in [2.24, 2.45) is 5.92 Å². The molecule has 2 aromatic heterocycles. The summed E-state index contributed by atoms with van der Waals surface area (Å²) in [4.78, 5) is 61.4. The van der Waals surface area contributed by atoms with E-state index in [1.807, 2.05) is 17.0 Å². The molecule has 2 aliphatic rings. The number of aromatic nitrogens is 4. The number of fused-ring (bicyclic) bond motifs is 1. The Morgan fingerprint density at radius 1 is 1.02 bits per heavy atom. The molecule has 242 valence electrons. The second kappa shape index (κ2) is 14.0. The first-order valence-electron chi connectivity index (χ1n) is 13.9. The molecular weight excluding hydrogens is 642 g/mol. The summed E-state index contributed by atoms with van der Waals surface area (Å²) in [5.41, 5.74) is 0.901. The average Bonchev–Trinajstić information content (AvgIpc) is 3.45. The van der Waals surface area contributed by atoms with E-state index < -0.39 is 12.1 Å². The predicted octanol–water partition coefficient (Wildman–Crippen LogP) is 3.78. The number of amides is 3. The number of halogens is 5. The number of benzene rings is 1. The smallest absolute Gasteiger partial charge is 0.475 e. The summed E-state index contributed by atoms with van der Waals surface area (Å²) in [6.45, 7) is 3.70. The Balaban J connectivity index is 0.000000591. The highest BCUT2D eigenvalue weighted by Crippen LogP contribution is 2.35. The highest BCUT2D eigenvalue weighted by Gasteiger charge is 2.40. The number of nitrogens with zero attached hydrogens (tertiary/aromatic N) is 7. The number of carboxylic acid groups (broad SMARTS) is 1. The van der Waals surface area contributed by atoms with E-state index in [0.29, 0.717) is 61.3 Å². The maximum absolute atomic E-state index is 13.5. The van der Waals surface area contributed by atoms with E-state index >= 15 is 0 Å². The molecule has 1 aromatic carbocycles. The maximum Gasteiger partial charge on any atom is 0.490 e. The minimum Gasteiger partial charge on any atom is -0.475 e. The first-order chi connectivity index (χ1) is 21.2. The highest BCUT2D eigenvalue weighted by molar-refractivity contribution is 6.42. The van der Waals surface area contributed by atoms with E-state index in [1.165, 1.54) is 4.52 Å². The SMILES string of the molecule is CC(=O)N1CCC(C(=O)N2CCC(N(C)C(=O)c3nc4ncccn4n3)C(c3ccc(Cl)c(Cl)c3)C2)CC1.O=C(O)C(F)(F)F. The topological polar surface area (TPSA) is 141 Å². The van der Waals surface area contributed by atoms with Crippen LogP contribution in [0.4, 0.5) is 13.2 Å². The molecule has 12 nitrogen and oxygen atoms in total. The van der Waals surface area contributed by atoms with Crippen LogP contribution in [-0.2, 0) is 14.4 Å². The molecule has 0 saturated carbocycles. The van der Waals surface area contributed by atoms with Crippen molar-refractivity contribution in [1.29, 1.82) is 0 Å². The lowest BCUT2D eigenvalue weighted by Gasteiger charge is -2.44. The Bertz CT molecular complexity index is 1550. The number of likely N-dealkylation sites (N-methyl/N-ethyl adjacent to an activating group) is 1. The van der Waals surface area contributed by atoms with E-state index in [2.05, 4.69) is 15.1 Å². The zero-order valence-electron chi connectivity index (χ0n) is 24.2. The molecule has 0 bridgehead atoms. The largest absolute Gasteiger partial charge is 0.490 e. The molecule has 2 atom stereocenters. The van der Waals surface area contributed by atoms with Gasteiger partial charge >= 0.3 is 12.1 Å². The van der Waals surface area contributed by atoms with Gasteiger partial charge in [-0.2, -0.15) is 18.2 Å². The molecule has 0 radical (unpaired) electrons.